The van der Waals surface area contributed by atoms with Crippen LogP contribution in [0.5, 0.6) is 0 Å². The second-order valence-corrected chi connectivity index (χ2v) is 9.42. The van der Waals surface area contributed by atoms with Crippen LogP contribution in [0, 0.1) is 0 Å². The van der Waals surface area contributed by atoms with E-state index in [9.17, 15) is 0 Å². The number of benzene rings is 5. The molecule has 0 bridgehead atoms. The molecule has 2 heteroatoms. The molecule has 0 aliphatic heterocycles. The normalized spacial score (nSPS) is 11.2. The maximum atomic E-state index is 5.13. The number of aromatic nitrogens is 2. The predicted molar refractivity (Wildman–Crippen MR) is 159 cm³/mol. The SMILES string of the molecule is c1ccc(-c2cc(-c3ccccc3-c3cc(-c4ccccc4)c4ccccc4n3)nc3ccccc23)cc1. The Balaban J connectivity index is 1.47. The first-order chi connectivity index (χ1) is 18.8. The van der Waals surface area contributed by atoms with Crippen molar-refractivity contribution in [3.63, 3.8) is 0 Å². The van der Waals surface area contributed by atoms with Crippen LogP contribution < -0.4 is 0 Å². The third-order valence-electron chi connectivity index (χ3n) is 7.08. The van der Waals surface area contributed by atoms with E-state index in [4.69, 9.17) is 9.97 Å². The molecule has 0 fully saturated rings. The van der Waals surface area contributed by atoms with Crippen LogP contribution in [0.25, 0.3) is 66.6 Å². The summed E-state index contributed by atoms with van der Waals surface area (Å²) < 4.78 is 0. The molecule has 0 N–H and O–H groups in total. The number of hydrogen-bond acceptors (Lipinski definition) is 2. The topological polar surface area (TPSA) is 25.8 Å². The highest BCUT2D eigenvalue weighted by Gasteiger charge is 2.16. The van der Waals surface area contributed by atoms with Crippen LogP contribution in [-0.4, -0.2) is 9.97 Å². The summed E-state index contributed by atoms with van der Waals surface area (Å²) in [6, 6.07) is 50.7. The lowest BCUT2D eigenvalue weighted by molar-refractivity contribution is 1.36. The van der Waals surface area contributed by atoms with Gasteiger partial charge in [-0.15, -0.1) is 0 Å². The smallest absolute Gasteiger partial charge is 0.0722 e. The van der Waals surface area contributed by atoms with E-state index in [0.717, 1.165) is 44.3 Å². The maximum Gasteiger partial charge on any atom is 0.0722 e. The Hall–Kier alpha value is -5.08. The first-order valence-electron chi connectivity index (χ1n) is 12.9. The van der Waals surface area contributed by atoms with E-state index in [2.05, 4.69) is 146 Å². The minimum atomic E-state index is 0.939. The van der Waals surface area contributed by atoms with Crippen molar-refractivity contribution in [2.45, 2.75) is 0 Å². The Morgan fingerprint density at radius 2 is 0.684 bits per heavy atom. The fourth-order valence-corrected chi connectivity index (χ4v) is 5.27. The van der Waals surface area contributed by atoms with E-state index in [1.165, 1.54) is 22.3 Å². The fourth-order valence-electron chi connectivity index (χ4n) is 5.27. The predicted octanol–water partition coefficient (Wildman–Crippen LogP) is 9.45. The Morgan fingerprint density at radius 3 is 1.13 bits per heavy atom. The monoisotopic (exact) mass is 484 g/mol. The molecule has 0 saturated heterocycles. The standard InChI is InChI=1S/C36H24N2/c1-3-13-25(14-4-1)31-23-35(37-33-21-11-9-19-29(31)33)27-17-7-8-18-28(27)36-24-32(26-15-5-2-6-16-26)30-20-10-12-22-34(30)38-36/h1-24H. The van der Waals surface area contributed by atoms with Gasteiger partial charge in [0.25, 0.3) is 0 Å². The number of rotatable bonds is 4. The van der Waals surface area contributed by atoms with Crippen LogP contribution in [0.3, 0.4) is 0 Å². The van der Waals surface area contributed by atoms with Crippen LogP contribution >= 0.6 is 0 Å². The van der Waals surface area contributed by atoms with Gasteiger partial charge in [-0.05, 0) is 46.5 Å². The van der Waals surface area contributed by atoms with Crippen molar-refractivity contribution in [1.29, 1.82) is 0 Å². The molecule has 178 valence electrons. The molecule has 0 radical (unpaired) electrons. The minimum absolute atomic E-state index is 0.939. The molecular weight excluding hydrogens is 460 g/mol. The molecule has 0 saturated carbocycles. The number of para-hydroxylation sites is 2. The van der Waals surface area contributed by atoms with Crippen molar-refractivity contribution in [3.05, 3.63) is 146 Å². The van der Waals surface area contributed by atoms with Crippen molar-refractivity contribution >= 4 is 21.8 Å². The third-order valence-corrected chi connectivity index (χ3v) is 7.08. The van der Waals surface area contributed by atoms with Gasteiger partial charge >= 0.3 is 0 Å². The van der Waals surface area contributed by atoms with Crippen molar-refractivity contribution < 1.29 is 0 Å². The van der Waals surface area contributed by atoms with Gasteiger partial charge in [0.1, 0.15) is 0 Å². The average Bonchev–Trinajstić information content (AvgIpc) is 3.01. The molecule has 2 heterocycles. The van der Waals surface area contributed by atoms with Gasteiger partial charge < -0.3 is 0 Å². The molecule has 0 aliphatic rings. The lowest BCUT2D eigenvalue weighted by Gasteiger charge is -2.15. The van der Waals surface area contributed by atoms with E-state index >= 15 is 0 Å². The minimum Gasteiger partial charge on any atom is -0.248 e. The molecule has 0 aliphatic carbocycles. The second kappa shape index (κ2) is 9.42. The molecule has 7 aromatic rings. The van der Waals surface area contributed by atoms with Crippen LogP contribution in [0.1, 0.15) is 0 Å². The van der Waals surface area contributed by atoms with E-state index < -0.39 is 0 Å². The molecule has 0 atom stereocenters. The summed E-state index contributed by atoms with van der Waals surface area (Å²) in [5.74, 6) is 0. The summed E-state index contributed by atoms with van der Waals surface area (Å²) in [6.07, 6.45) is 0. The van der Waals surface area contributed by atoms with Gasteiger partial charge in [0.15, 0.2) is 0 Å². The van der Waals surface area contributed by atoms with Gasteiger partial charge in [0, 0.05) is 21.9 Å². The Bertz CT molecular complexity index is 1770. The molecule has 0 unspecified atom stereocenters. The fraction of sp³-hybridized carbons (Fsp3) is 0. The summed E-state index contributed by atoms with van der Waals surface area (Å²) in [5, 5.41) is 2.30. The van der Waals surface area contributed by atoms with Crippen LogP contribution in [0.15, 0.2) is 146 Å². The summed E-state index contributed by atoms with van der Waals surface area (Å²) in [4.78, 5) is 10.3. The summed E-state index contributed by atoms with van der Waals surface area (Å²) in [7, 11) is 0. The molecule has 38 heavy (non-hydrogen) atoms. The van der Waals surface area contributed by atoms with Crippen LogP contribution in [-0.2, 0) is 0 Å². The molecular formula is C36H24N2. The summed E-state index contributed by atoms with van der Waals surface area (Å²) in [6.45, 7) is 0. The van der Waals surface area contributed by atoms with Crippen molar-refractivity contribution in [3.8, 4) is 44.8 Å². The Morgan fingerprint density at radius 1 is 0.316 bits per heavy atom. The number of nitrogens with zero attached hydrogens (tertiary/aromatic N) is 2. The van der Waals surface area contributed by atoms with Gasteiger partial charge in [-0.25, -0.2) is 9.97 Å². The highest BCUT2D eigenvalue weighted by molar-refractivity contribution is 6.00. The van der Waals surface area contributed by atoms with Crippen LogP contribution in [0.4, 0.5) is 0 Å². The van der Waals surface area contributed by atoms with Crippen molar-refractivity contribution in [2.75, 3.05) is 0 Å². The third kappa shape index (κ3) is 3.93. The van der Waals surface area contributed by atoms with Crippen LogP contribution in [0.2, 0.25) is 0 Å². The quantitative estimate of drug-likeness (QED) is 0.249. The number of hydrogen-bond donors (Lipinski definition) is 0. The van der Waals surface area contributed by atoms with Gasteiger partial charge in [-0.1, -0.05) is 121 Å². The zero-order valence-corrected chi connectivity index (χ0v) is 20.8. The molecule has 0 amide bonds. The Kier molecular flexibility index (Phi) is 5.49. The van der Waals surface area contributed by atoms with Gasteiger partial charge in [-0.3, -0.25) is 0 Å². The molecule has 2 nitrogen and oxygen atoms in total. The van der Waals surface area contributed by atoms with E-state index in [0.29, 0.717) is 0 Å². The molecule has 7 rings (SSSR count). The molecule has 5 aromatic carbocycles. The van der Waals surface area contributed by atoms with Gasteiger partial charge in [0.05, 0.1) is 22.4 Å². The zero-order chi connectivity index (χ0) is 25.3. The first kappa shape index (κ1) is 22.1. The second-order valence-electron chi connectivity index (χ2n) is 9.42. The number of pyridine rings is 2. The largest absolute Gasteiger partial charge is 0.248 e. The summed E-state index contributed by atoms with van der Waals surface area (Å²) in [5.41, 5.74) is 10.7. The zero-order valence-electron chi connectivity index (χ0n) is 20.8. The first-order valence-corrected chi connectivity index (χ1v) is 12.9. The van der Waals surface area contributed by atoms with Gasteiger partial charge in [0.2, 0.25) is 0 Å². The lowest BCUT2D eigenvalue weighted by Crippen LogP contribution is -1.94. The highest BCUT2D eigenvalue weighted by Crippen LogP contribution is 2.38. The van der Waals surface area contributed by atoms with E-state index in [1.54, 1.807) is 0 Å². The molecule has 2 aromatic heterocycles. The number of fused-ring (bicyclic) bond motifs is 2. The molecule has 0 spiro atoms. The van der Waals surface area contributed by atoms with Crippen molar-refractivity contribution in [1.82, 2.24) is 9.97 Å². The maximum absolute atomic E-state index is 5.13. The summed E-state index contributed by atoms with van der Waals surface area (Å²) >= 11 is 0. The van der Waals surface area contributed by atoms with Crippen molar-refractivity contribution in [2.24, 2.45) is 0 Å². The van der Waals surface area contributed by atoms with Gasteiger partial charge in [-0.2, -0.15) is 0 Å². The highest BCUT2D eigenvalue weighted by atomic mass is 14.7. The van der Waals surface area contributed by atoms with E-state index in [-0.39, 0.29) is 0 Å². The lowest BCUT2D eigenvalue weighted by atomic mass is 9.94. The van der Waals surface area contributed by atoms with E-state index in [1.807, 2.05) is 0 Å². The average molecular weight is 485 g/mol. The Labute approximate surface area is 221 Å².